The first-order valence-electron chi connectivity index (χ1n) is 3.02. The summed E-state index contributed by atoms with van der Waals surface area (Å²) in [6, 6.07) is 0. The van der Waals surface area contributed by atoms with E-state index in [2.05, 4.69) is 9.47 Å². The van der Waals surface area contributed by atoms with Crippen LogP contribution in [-0.2, 0) is 19.1 Å². The second-order valence-corrected chi connectivity index (χ2v) is 2.06. The average Bonchev–Trinajstić information content (AvgIpc) is 1.97. The van der Waals surface area contributed by atoms with Crippen LogP contribution in [-0.4, -0.2) is 24.1 Å². The lowest BCUT2D eigenvalue weighted by atomic mass is 10.3. The first-order valence-corrected chi connectivity index (χ1v) is 3.02. The number of rotatable bonds is 0. The topological polar surface area (TPSA) is 52.6 Å². The van der Waals surface area contributed by atoms with Gasteiger partial charge in [0.25, 0.3) is 6.10 Å². The molecule has 0 bridgehead atoms. The summed E-state index contributed by atoms with van der Waals surface area (Å²) in [6.45, 7) is 1.42. The number of esters is 2. The summed E-state index contributed by atoms with van der Waals surface area (Å²) in [4.78, 5) is 21.5. The van der Waals surface area contributed by atoms with Gasteiger partial charge in [0.1, 0.15) is 0 Å². The molecule has 1 aliphatic heterocycles. The zero-order valence-corrected chi connectivity index (χ0v) is 5.87. The Hall–Kier alpha value is -1.50. The van der Waals surface area contributed by atoms with Crippen molar-refractivity contribution in [3.8, 4) is 12.3 Å². The summed E-state index contributed by atoms with van der Waals surface area (Å²) >= 11 is 0. The SMILES string of the molecule is C#CC1OC(=O)C(C)OC1=O. The number of carbonyl (C=O) groups excluding carboxylic acids is 2. The van der Waals surface area contributed by atoms with Gasteiger partial charge in [-0.25, -0.2) is 9.59 Å². The van der Waals surface area contributed by atoms with Gasteiger partial charge in [-0.15, -0.1) is 6.42 Å². The number of ether oxygens (including phenoxy) is 2. The molecule has 0 aromatic carbocycles. The first-order chi connectivity index (χ1) is 5.15. The monoisotopic (exact) mass is 154 g/mol. The highest BCUT2D eigenvalue weighted by atomic mass is 16.6. The lowest BCUT2D eigenvalue weighted by Crippen LogP contribution is -2.41. The summed E-state index contributed by atoms with van der Waals surface area (Å²) in [6.07, 6.45) is 2.86. The highest BCUT2D eigenvalue weighted by Crippen LogP contribution is 2.08. The summed E-state index contributed by atoms with van der Waals surface area (Å²) in [7, 11) is 0. The van der Waals surface area contributed by atoms with Crippen molar-refractivity contribution in [2.45, 2.75) is 19.1 Å². The molecule has 1 saturated heterocycles. The molecule has 0 amide bonds. The van der Waals surface area contributed by atoms with E-state index in [1.54, 1.807) is 0 Å². The van der Waals surface area contributed by atoms with Crippen LogP contribution >= 0.6 is 0 Å². The Morgan fingerprint density at radius 2 is 2.00 bits per heavy atom. The third-order valence-electron chi connectivity index (χ3n) is 1.22. The quantitative estimate of drug-likeness (QED) is 0.348. The van der Waals surface area contributed by atoms with Gasteiger partial charge in [0.05, 0.1) is 0 Å². The Kier molecular flexibility index (Phi) is 1.81. The van der Waals surface area contributed by atoms with Gasteiger partial charge in [0.15, 0.2) is 6.10 Å². The van der Waals surface area contributed by atoms with Crippen molar-refractivity contribution in [2.75, 3.05) is 0 Å². The van der Waals surface area contributed by atoms with E-state index in [9.17, 15) is 9.59 Å². The van der Waals surface area contributed by atoms with Gasteiger partial charge < -0.3 is 9.47 Å². The molecule has 1 rings (SSSR count). The summed E-state index contributed by atoms with van der Waals surface area (Å²) in [5, 5.41) is 0. The zero-order chi connectivity index (χ0) is 8.43. The highest BCUT2D eigenvalue weighted by molar-refractivity contribution is 5.89. The molecule has 0 aromatic heterocycles. The lowest BCUT2D eigenvalue weighted by Gasteiger charge is -2.21. The highest BCUT2D eigenvalue weighted by Gasteiger charge is 2.34. The maximum atomic E-state index is 10.7. The molecule has 4 nitrogen and oxygen atoms in total. The Morgan fingerprint density at radius 3 is 2.55 bits per heavy atom. The maximum absolute atomic E-state index is 10.7. The number of hydrogen-bond donors (Lipinski definition) is 0. The molecule has 0 N–H and O–H groups in total. The third kappa shape index (κ3) is 1.32. The lowest BCUT2D eigenvalue weighted by molar-refractivity contribution is -0.188. The fourth-order valence-corrected chi connectivity index (χ4v) is 0.646. The molecule has 0 aliphatic carbocycles. The van der Waals surface area contributed by atoms with Crippen LogP contribution in [0.4, 0.5) is 0 Å². The Labute approximate surface area is 63.5 Å². The maximum Gasteiger partial charge on any atom is 0.361 e. The standard InChI is InChI=1S/C7H6O4/c1-3-5-7(9)10-4(2)6(8)11-5/h1,4-5H,2H3. The molecular formula is C7H6O4. The van der Waals surface area contributed by atoms with Gasteiger partial charge in [-0.1, -0.05) is 5.92 Å². The van der Waals surface area contributed by atoms with Gasteiger partial charge in [-0.05, 0) is 6.92 Å². The van der Waals surface area contributed by atoms with E-state index in [1.165, 1.54) is 6.92 Å². The number of cyclic esters (lactones) is 2. The van der Waals surface area contributed by atoms with Gasteiger partial charge in [-0.2, -0.15) is 0 Å². The molecule has 0 saturated carbocycles. The minimum absolute atomic E-state index is 0.604. The van der Waals surface area contributed by atoms with Crippen molar-refractivity contribution in [3.05, 3.63) is 0 Å². The molecule has 0 aromatic rings. The van der Waals surface area contributed by atoms with Gasteiger partial charge >= 0.3 is 11.9 Å². The molecule has 2 unspecified atom stereocenters. The van der Waals surface area contributed by atoms with Crippen LogP contribution in [0, 0.1) is 12.3 Å². The zero-order valence-electron chi connectivity index (χ0n) is 5.87. The van der Waals surface area contributed by atoms with Gasteiger partial charge in [-0.3, -0.25) is 0 Å². The van der Waals surface area contributed by atoms with Crippen LogP contribution in [0.1, 0.15) is 6.92 Å². The molecule has 1 heterocycles. The normalized spacial score (nSPS) is 30.2. The molecule has 58 valence electrons. The van der Waals surface area contributed by atoms with Crippen LogP contribution in [0.5, 0.6) is 0 Å². The van der Waals surface area contributed by atoms with E-state index in [0.717, 1.165) is 0 Å². The molecule has 0 spiro atoms. The van der Waals surface area contributed by atoms with Crippen LogP contribution < -0.4 is 0 Å². The summed E-state index contributed by atoms with van der Waals surface area (Å²) in [5.74, 6) is 0.702. The molecular weight excluding hydrogens is 148 g/mol. The Balaban J connectivity index is 2.72. The fraction of sp³-hybridized carbons (Fsp3) is 0.429. The average molecular weight is 154 g/mol. The van der Waals surface area contributed by atoms with Crippen LogP contribution in [0.3, 0.4) is 0 Å². The molecule has 2 atom stereocenters. The third-order valence-corrected chi connectivity index (χ3v) is 1.22. The van der Waals surface area contributed by atoms with Crippen molar-refractivity contribution < 1.29 is 19.1 Å². The van der Waals surface area contributed by atoms with E-state index in [-0.39, 0.29) is 0 Å². The molecule has 1 aliphatic rings. The molecule has 4 heteroatoms. The second kappa shape index (κ2) is 2.62. The largest absolute Gasteiger partial charge is 0.447 e. The minimum atomic E-state index is -1.17. The Bertz CT molecular complexity index is 237. The van der Waals surface area contributed by atoms with Gasteiger partial charge in [0.2, 0.25) is 0 Å². The predicted molar refractivity (Wildman–Crippen MR) is 34.3 cm³/mol. The van der Waals surface area contributed by atoms with E-state index < -0.39 is 24.1 Å². The number of terminal acetylenes is 1. The molecule has 11 heavy (non-hydrogen) atoms. The summed E-state index contributed by atoms with van der Waals surface area (Å²) in [5.41, 5.74) is 0. The van der Waals surface area contributed by atoms with E-state index in [1.807, 2.05) is 5.92 Å². The minimum Gasteiger partial charge on any atom is -0.447 e. The van der Waals surface area contributed by atoms with Crippen LogP contribution in [0.2, 0.25) is 0 Å². The Morgan fingerprint density at radius 1 is 1.36 bits per heavy atom. The van der Waals surface area contributed by atoms with Gasteiger partial charge in [0, 0.05) is 0 Å². The number of hydrogen-bond acceptors (Lipinski definition) is 4. The van der Waals surface area contributed by atoms with Crippen LogP contribution in [0.25, 0.3) is 0 Å². The predicted octanol–water partition coefficient (Wildman–Crippen LogP) is -0.523. The van der Waals surface area contributed by atoms with Crippen molar-refractivity contribution >= 4 is 11.9 Å². The van der Waals surface area contributed by atoms with Crippen molar-refractivity contribution in [2.24, 2.45) is 0 Å². The number of carbonyl (C=O) groups is 2. The van der Waals surface area contributed by atoms with E-state index in [0.29, 0.717) is 0 Å². The van der Waals surface area contributed by atoms with Crippen molar-refractivity contribution in [1.29, 1.82) is 0 Å². The van der Waals surface area contributed by atoms with Crippen LogP contribution in [0.15, 0.2) is 0 Å². The fourth-order valence-electron chi connectivity index (χ4n) is 0.646. The van der Waals surface area contributed by atoms with E-state index >= 15 is 0 Å². The first kappa shape index (κ1) is 7.61. The molecule has 0 radical (unpaired) electrons. The van der Waals surface area contributed by atoms with Crippen molar-refractivity contribution in [1.82, 2.24) is 0 Å². The smallest absolute Gasteiger partial charge is 0.361 e. The van der Waals surface area contributed by atoms with E-state index in [4.69, 9.17) is 6.42 Å². The second-order valence-electron chi connectivity index (χ2n) is 2.06. The summed E-state index contributed by atoms with van der Waals surface area (Å²) < 4.78 is 9.06. The molecule has 1 fully saturated rings. The van der Waals surface area contributed by atoms with Crippen molar-refractivity contribution in [3.63, 3.8) is 0 Å².